The van der Waals surface area contributed by atoms with Gasteiger partial charge in [-0.25, -0.2) is 14.4 Å². The lowest BCUT2D eigenvalue weighted by Crippen LogP contribution is -2.15. The molecule has 55 heavy (non-hydrogen) atoms. The van der Waals surface area contributed by atoms with Crippen LogP contribution >= 0.6 is 0 Å². The van der Waals surface area contributed by atoms with Crippen molar-refractivity contribution in [3.63, 3.8) is 0 Å². The predicted octanol–water partition coefficient (Wildman–Crippen LogP) is 8.63. The first kappa shape index (κ1) is 39.7. The minimum atomic E-state index is -0.490. The van der Waals surface area contributed by atoms with Gasteiger partial charge < -0.3 is 33.2 Å². The molecular weight excluding hydrogens is 700 g/mol. The molecule has 284 valence electrons. The summed E-state index contributed by atoms with van der Waals surface area (Å²) in [5.41, 5.74) is 5.70. The summed E-state index contributed by atoms with van der Waals surface area (Å²) < 4.78 is 38.4. The Bertz CT molecular complexity index is 2020. The largest absolute Gasteiger partial charge is 0.493 e. The number of benzene rings is 4. The Morgan fingerprint density at radius 3 is 1.62 bits per heavy atom. The molecule has 0 unspecified atom stereocenters. The van der Waals surface area contributed by atoms with Crippen LogP contribution in [0.25, 0.3) is 23.3 Å². The minimum Gasteiger partial charge on any atom is -0.493 e. The quantitative estimate of drug-likeness (QED) is 0.0218. The Labute approximate surface area is 321 Å². The predicted molar refractivity (Wildman–Crippen MR) is 210 cm³/mol. The van der Waals surface area contributed by atoms with Crippen LogP contribution in [0.3, 0.4) is 0 Å². The molecular formula is C45H44O10. The fourth-order valence-corrected chi connectivity index (χ4v) is 5.74. The first-order chi connectivity index (χ1) is 26.7. The maximum Gasteiger partial charge on any atom is 0.336 e. The summed E-state index contributed by atoms with van der Waals surface area (Å²) in [6.07, 6.45) is 9.88. The van der Waals surface area contributed by atoms with E-state index in [0.29, 0.717) is 43.3 Å². The van der Waals surface area contributed by atoms with Crippen molar-refractivity contribution in [1.29, 1.82) is 0 Å². The molecule has 0 fully saturated rings. The van der Waals surface area contributed by atoms with Gasteiger partial charge in [-0.1, -0.05) is 63.4 Å². The first-order valence-electron chi connectivity index (χ1n) is 17.8. The maximum absolute atomic E-state index is 12.7. The third kappa shape index (κ3) is 11.5. The molecule has 1 aliphatic carbocycles. The van der Waals surface area contributed by atoms with E-state index >= 15 is 0 Å². The van der Waals surface area contributed by atoms with Crippen molar-refractivity contribution >= 4 is 30.1 Å². The smallest absolute Gasteiger partial charge is 0.336 e. The molecule has 0 radical (unpaired) electrons. The van der Waals surface area contributed by atoms with Crippen LogP contribution in [0, 0.1) is 0 Å². The molecule has 0 N–H and O–H groups in total. The van der Waals surface area contributed by atoms with Crippen LogP contribution in [0.15, 0.2) is 123 Å². The van der Waals surface area contributed by atoms with Crippen molar-refractivity contribution in [3.8, 4) is 34.1 Å². The summed E-state index contributed by atoms with van der Waals surface area (Å²) in [7, 11) is 0. The van der Waals surface area contributed by atoms with E-state index in [9.17, 15) is 14.4 Å². The van der Waals surface area contributed by atoms with Gasteiger partial charge in [-0.2, -0.15) is 0 Å². The van der Waals surface area contributed by atoms with Crippen molar-refractivity contribution < 1.29 is 47.5 Å². The molecule has 0 aromatic heterocycles. The number of hydrogen-bond acceptors (Lipinski definition) is 10. The number of esters is 3. The zero-order valence-electron chi connectivity index (χ0n) is 31.0. The summed E-state index contributed by atoms with van der Waals surface area (Å²) >= 11 is 0. The van der Waals surface area contributed by atoms with Crippen molar-refractivity contribution in [3.05, 3.63) is 145 Å². The van der Waals surface area contributed by atoms with Crippen LogP contribution in [-0.2, 0) is 34.0 Å². The second-order valence-electron chi connectivity index (χ2n) is 12.8. The summed E-state index contributed by atoms with van der Waals surface area (Å²) in [6, 6.07) is 26.5. The van der Waals surface area contributed by atoms with Crippen LogP contribution in [0.5, 0.6) is 23.0 Å². The molecule has 10 nitrogen and oxygen atoms in total. The monoisotopic (exact) mass is 744 g/mol. The van der Waals surface area contributed by atoms with Gasteiger partial charge in [0.2, 0.25) is 6.79 Å². The van der Waals surface area contributed by atoms with Gasteiger partial charge in [-0.05, 0) is 94.1 Å². The normalized spacial score (nSPS) is 12.3. The zero-order valence-corrected chi connectivity index (χ0v) is 31.0. The summed E-state index contributed by atoms with van der Waals surface area (Å²) in [6.45, 7) is 12.4. The fraction of sp³-hybridized carbons (Fsp3) is 0.222. The van der Waals surface area contributed by atoms with Gasteiger partial charge in [0.05, 0.1) is 32.7 Å². The van der Waals surface area contributed by atoms with E-state index in [0.717, 1.165) is 51.3 Å². The highest BCUT2D eigenvalue weighted by molar-refractivity contribution is 5.89. The molecule has 0 heterocycles. The van der Waals surface area contributed by atoms with Gasteiger partial charge in [0.25, 0.3) is 0 Å². The van der Waals surface area contributed by atoms with Gasteiger partial charge >= 0.3 is 17.9 Å². The average Bonchev–Trinajstić information content (AvgIpc) is 3.42. The summed E-state index contributed by atoms with van der Waals surface area (Å²) in [5.74, 6) is 1.13. The Morgan fingerprint density at radius 1 is 0.582 bits per heavy atom. The third-order valence-electron chi connectivity index (χ3n) is 8.60. The number of hydrogen-bond donors (Lipinski definition) is 0. The molecule has 0 saturated heterocycles. The lowest BCUT2D eigenvalue weighted by molar-refractivity contribution is -0.138. The summed E-state index contributed by atoms with van der Waals surface area (Å²) in [5, 5.41) is 0. The van der Waals surface area contributed by atoms with Crippen molar-refractivity contribution in [2.75, 3.05) is 33.2 Å². The molecule has 1 aliphatic rings. The van der Waals surface area contributed by atoms with E-state index in [-0.39, 0.29) is 25.4 Å². The molecule has 5 rings (SSSR count). The number of carbonyl (C=O) groups excluding carboxylic acids is 3. The molecule has 0 amide bonds. The van der Waals surface area contributed by atoms with E-state index in [2.05, 4.69) is 27.0 Å². The molecule has 0 bridgehead atoms. The molecule has 4 aromatic rings. The lowest BCUT2D eigenvalue weighted by Gasteiger charge is -2.22. The van der Waals surface area contributed by atoms with Crippen molar-refractivity contribution in [2.24, 2.45) is 0 Å². The highest BCUT2D eigenvalue weighted by Gasteiger charge is 2.36. The van der Waals surface area contributed by atoms with Crippen LogP contribution in [0.1, 0.15) is 48.9 Å². The van der Waals surface area contributed by atoms with Crippen molar-refractivity contribution in [1.82, 2.24) is 0 Å². The number of carbonyl (C=O) groups is 3. The molecule has 0 saturated carbocycles. The van der Waals surface area contributed by atoms with E-state index in [1.807, 2.05) is 72.8 Å². The SMILES string of the molecule is C=CC(=O)OCCCOc1ccc(C=COCOc2ccc3c(c2)C(C)(C)c2cc(OC(=O)C=Cc4ccc(OCCCOC(=O)C=C)cc4)ccc2-3)cc1. The Kier molecular flexibility index (Phi) is 14.1. The van der Waals surface area contributed by atoms with Crippen LogP contribution < -0.4 is 18.9 Å². The Morgan fingerprint density at radius 2 is 1.07 bits per heavy atom. The highest BCUT2D eigenvalue weighted by atomic mass is 16.7. The summed E-state index contributed by atoms with van der Waals surface area (Å²) in [4.78, 5) is 34.9. The maximum atomic E-state index is 12.7. The average molecular weight is 745 g/mol. The number of rotatable bonds is 20. The van der Waals surface area contributed by atoms with Gasteiger partial charge in [0.15, 0.2) is 0 Å². The molecule has 0 aliphatic heterocycles. The van der Waals surface area contributed by atoms with Crippen molar-refractivity contribution in [2.45, 2.75) is 32.1 Å². The van der Waals surface area contributed by atoms with E-state index in [1.165, 1.54) is 6.08 Å². The number of ether oxygens (including phenoxy) is 7. The topological polar surface area (TPSA) is 116 Å². The second-order valence-corrected chi connectivity index (χ2v) is 12.8. The van der Waals surface area contributed by atoms with E-state index in [1.54, 1.807) is 30.5 Å². The molecule has 4 aromatic carbocycles. The Balaban J connectivity index is 1.06. The van der Waals surface area contributed by atoms with E-state index in [4.69, 9.17) is 33.2 Å². The van der Waals surface area contributed by atoms with Gasteiger partial charge in [0.1, 0.15) is 23.0 Å². The molecule has 0 atom stereocenters. The molecule has 0 spiro atoms. The van der Waals surface area contributed by atoms with Crippen LogP contribution in [0.4, 0.5) is 0 Å². The lowest BCUT2D eigenvalue weighted by atomic mass is 9.82. The fourth-order valence-electron chi connectivity index (χ4n) is 5.74. The highest BCUT2D eigenvalue weighted by Crippen LogP contribution is 2.50. The van der Waals surface area contributed by atoms with Gasteiger partial charge in [-0.15, -0.1) is 0 Å². The minimum absolute atomic E-state index is 0.0302. The first-order valence-corrected chi connectivity index (χ1v) is 17.8. The van der Waals surface area contributed by atoms with Crippen LogP contribution in [0.2, 0.25) is 0 Å². The zero-order chi connectivity index (χ0) is 39.0. The third-order valence-corrected chi connectivity index (χ3v) is 8.60. The van der Waals surface area contributed by atoms with Crippen LogP contribution in [-0.4, -0.2) is 51.1 Å². The Hall–Kier alpha value is -6.55. The molecule has 10 heteroatoms. The van der Waals surface area contributed by atoms with Gasteiger partial charge in [0, 0.05) is 36.5 Å². The van der Waals surface area contributed by atoms with E-state index < -0.39 is 17.9 Å². The number of fused-ring (bicyclic) bond motifs is 3. The second kappa shape index (κ2) is 19.5. The van der Waals surface area contributed by atoms with Gasteiger partial charge in [-0.3, -0.25) is 0 Å². The standard InChI is InChI=1S/C45H44O10/c1-5-42(46)52-26-7-24-50-34-14-9-32(10-15-34)13-22-44(48)55-37-19-21-39-38-20-18-36(29-40(38)45(3,4)41(39)30-37)54-31-49-28-23-33-11-16-35(17-12-33)51-25-8-27-53-43(47)6-2/h5-6,9-23,28-30H,1-2,7-8,24-27,31H2,3-4H3.